The van der Waals surface area contributed by atoms with Crippen LogP contribution in [0, 0.1) is 13.8 Å². The Balaban J connectivity index is 1.57. The number of hydrogen-bond donors (Lipinski definition) is 1. The molecule has 0 saturated heterocycles. The molecule has 0 aliphatic rings. The number of nitrogens with zero attached hydrogens (tertiary/aromatic N) is 1. The summed E-state index contributed by atoms with van der Waals surface area (Å²) in [6.45, 7) is 4.49. The van der Waals surface area contributed by atoms with Crippen molar-refractivity contribution in [3.63, 3.8) is 0 Å². The molecule has 3 rings (SSSR count). The molecule has 0 aliphatic heterocycles. The largest absolute Gasteiger partial charge is 0.444 e. The maximum absolute atomic E-state index is 12.2. The standard InChI is InChI=1S/C20H20N2O2/c1-14-8-9-18(15(2)12-14)19(23)21-11-10-17-13-24-20(22-17)16-6-4-3-5-7-16/h3-9,12-13H,10-11H2,1-2H3,(H,21,23). The van der Waals surface area contributed by atoms with E-state index in [1.807, 2.05) is 62.4 Å². The first-order valence-electron chi connectivity index (χ1n) is 7.99. The van der Waals surface area contributed by atoms with Crippen molar-refractivity contribution in [3.05, 3.63) is 77.2 Å². The molecule has 0 saturated carbocycles. The van der Waals surface area contributed by atoms with Gasteiger partial charge in [-0.25, -0.2) is 4.98 Å². The van der Waals surface area contributed by atoms with Crippen LogP contribution in [0.5, 0.6) is 0 Å². The van der Waals surface area contributed by atoms with Crippen LogP contribution in [0.4, 0.5) is 0 Å². The molecule has 0 aliphatic carbocycles. The Kier molecular flexibility index (Phi) is 4.75. The molecule has 4 heteroatoms. The van der Waals surface area contributed by atoms with Gasteiger partial charge in [-0.1, -0.05) is 35.9 Å². The first-order valence-corrected chi connectivity index (χ1v) is 7.99. The van der Waals surface area contributed by atoms with Gasteiger partial charge in [0.1, 0.15) is 6.26 Å². The van der Waals surface area contributed by atoms with E-state index in [-0.39, 0.29) is 5.91 Å². The summed E-state index contributed by atoms with van der Waals surface area (Å²) in [5, 5.41) is 2.94. The van der Waals surface area contributed by atoms with Gasteiger partial charge in [0.05, 0.1) is 5.69 Å². The van der Waals surface area contributed by atoms with Crippen LogP contribution in [-0.4, -0.2) is 17.4 Å². The number of carbonyl (C=O) groups is 1. The lowest BCUT2D eigenvalue weighted by molar-refractivity contribution is 0.0953. The van der Waals surface area contributed by atoms with Crippen LogP contribution >= 0.6 is 0 Å². The smallest absolute Gasteiger partial charge is 0.251 e. The molecule has 24 heavy (non-hydrogen) atoms. The summed E-state index contributed by atoms with van der Waals surface area (Å²) in [4.78, 5) is 16.7. The molecule has 3 aromatic rings. The number of rotatable bonds is 5. The summed E-state index contributed by atoms with van der Waals surface area (Å²) in [5.41, 5.74) is 4.63. The summed E-state index contributed by atoms with van der Waals surface area (Å²) in [5.74, 6) is 0.547. The maximum atomic E-state index is 12.2. The average molecular weight is 320 g/mol. The summed E-state index contributed by atoms with van der Waals surface area (Å²) in [6.07, 6.45) is 2.28. The molecule has 0 spiro atoms. The fraction of sp³-hybridized carbons (Fsp3) is 0.200. The van der Waals surface area contributed by atoms with Crippen LogP contribution in [-0.2, 0) is 6.42 Å². The molecule has 0 unspecified atom stereocenters. The lowest BCUT2D eigenvalue weighted by Crippen LogP contribution is -2.26. The third kappa shape index (κ3) is 3.71. The minimum atomic E-state index is -0.0562. The number of oxazole rings is 1. The Morgan fingerprint density at radius 1 is 1.12 bits per heavy atom. The lowest BCUT2D eigenvalue weighted by atomic mass is 10.1. The predicted molar refractivity (Wildman–Crippen MR) is 93.9 cm³/mol. The maximum Gasteiger partial charge on any atom is 0.251 e. The van der Waals surface area contributed by atoms with E-state index in [1.54, 1.807) is 6.26 Å². The van der Waals surface area contributed by atoms with Crippen molar-refractivity contribution in [1.29, 1.82) is 0 Å². The van der Waals surface area contributed by atoms with Crippen LogP contribution in [0.3, 0.4) is 0 Å². The lowest BCUT2D eigenvalue weighted by Gasteiger charge is -2.07. The van der Waals surface area contributed by atoms with Gasteiger partial charge < -0.3 is 9.73 Å². The van der Waals surface area contributed by atoms with Crippen LogP contribution in [0.2, 0.25) is 0 Å². The molecule has 1 N–H and O–H groups in total. The van der Waals surface area contributed by atoms with Gasteiger partial charge in [0.25, 0.3) is 5.91 Å². The van der Waals surface area contributed by atoms with Gasteiger partial charge in [0, 0.05) is 24.1 Å². The van der Waals surface area contributed by atoms with Crippen LogP contribution in [0.25, 0.3) is 11.5 Å². The zero-order valence-corrected chi connectivity index (χ0v) is 13.9. The molecule has 0 radical (unpaired) electrons. The molecular formula is C20H20N2O2. The number of aryl methyl sites for hydroxylation is 2. The number of benzene rings is 2. The van der Waals surface area contributed by atoms with E-state index in [4.69, 9.17) is 4.42 Å². The number of hydrogen-bond acceptors (Lipinski definition) is 3. The SMILES string of the molecule is Cc1ccc(C(=O)NCCc2coc(-c3ccccc3)n2)c(C)c1. The highest BCUT2D eigenvalue weighted by Gasteiger charge is 2.10. The fourth-order valence-corrected chi connectivity index (χ4v) is 2.60. The van der Waals surface area contributed by atoms with Gasteiger partial charge in [-0.05, 0) is 37.6 Å². The Morgan fingerprint density at radius 2 is 1.92 bits per heavy atom. The first-order chi connectivity index (χ1) is 11.6. The second-order valence-electron chi connectivity index (χ2n) is 5.83. The van der Waals surface area contributed by atoms with Crippen LogP contribution < -0.4 is 5.32 Å². The summed E-state index contributed by atoms with van der Waals surface area (Å²) >= 11 is 0. The van der Waals surface area contributed by atoms with E-state index >= 15 is 0 Å². The molecule has 0 bridgehead atoms. The number of carbonyl (C=O) groups excluding carboxylic acids is 1. The van der Waals surface area contributed by atoms with E-state index in [2.05, 4.69) is 10.3 Å². The topological polar surface area (TPSA) is 55.1 Å². The quantitative estimate of drug-likeness (QED) is 0.775. The van der Waals surface area contributed by atoms with Crippen LogP contribution in [0.15, 0.2) is 59.2 Å². The van der Waals surface area contributed by atoms with Crippen molar-refractivity contribution in [3.8, 4) is 11.5 Å². The van der Waals surface area contributed by atoms with E-state index in [0.29, 0.717) is 24.4 Å². The van der Waals surface area contributed by atoms with Crippen molar-refractivity contribution < 1.29 is 9.21 Å². The first kappa shape index (κ1) is 16.0. The molecule has 4 nitrogen and oxygen atoms in total. The summed E-state index contributed by atoms with van der Waals surface area (Å²) < 4.78 is 5.50. The molecule has 1 heterocycles. The minimum absolute atomic E-state index is 0.0562. The van der Waals surface area contributed by atoms with E-state index < -0.39 is 0 Å². The highest BCUT2D eigenvalue weighted by Crippen LogP contribution is 2.18. The summed E-state index contributed by atoms with van der Waals surface area (Å²) in [6, 6.07) is 15.6. The van der Waals surface area contributed by atoms with Gasteiger partial charge >= 0.3 is 0 Å². The normalized spacial score (nSPS) is 10.6. The van der Waals surface area contributed by atoms with Gasteiger partial charge in [-0.2, -0.15) is 0 Å². The number of aromatic nitrogens is 1. The highest BCUT2D eigenvalue weighted by molar-refractivity contribution is 5.95. The Bertz CT molecular complexity index is 838. The van der Waals surface area contributed by atoms with Gasteiger partial charge in [0.2, 0.25) is 5.89 Å². The molecule has 122 valence electrons. The van der Waals surface area contributed by atoms with Crippen molar-refractivity contribution in [2.24, 2.45) is 0 Å². The third-order valence-corrected chi connectivity index (χ3v) is 3.87. The third-order valence-electron chi connectivity index (χ3n) is 3.87. The Morgan fingerprint density at radius 3 is 2.67 bits per heavy atom. The van der Waals surface area contributed by atoms with E-state index in [9.17, 15) is 4.79 Å². The number of amides is 1. The molecular weight excluding hydrogens is 300 g/mol. The molecule has 2 aromatic carbocycles. The van der Waals surface area contributed by atoms with Gasteiger partial charge in [-0.3, -0.25) is 4.79 Å². The zero-order chi connectivity index (χ0) is 16.9. The Labute approximate surface area is 141 Å². The van der Waals surface area contributed by atoms with E-state index in [0.717, 1.165) is 22.4 Å². The highest BCUT2D eigenvalue weighted by atomic mass is 16.3. The molecule has 0 fully saturated rings. The number of nitrogens with one attached hydrogen (secondary N) is 1. The second-order valence-corrected chi connectivity index (χ2v) is 5.83. The molecule has 0 atom stereocenters. The van der Waals surface area contributed by atoms with Gasteiger partial charge in [0.15, 0.2) is 0 Å². The second kappa shape index (κ2) is 7.13. The van der Waals surface area contributed by atoms with Crippen molar-refractivity contribution in [2.75, 3.05) is 6.54 Å². The van der Waals surface area contributed by atoms with Crippen LogP contribution in [0.1, 0.15) is 27.2 Å². The van der Waals surface area contributed by atoms with Crippen molar-refractivity contribution in [1.82, 2.24) is 10.3 Å². The zero-order valence-electron chi connectivity index (χ0n) is 13.9. The molecule has 1 amide bonds. The van der Waals surface area contributed by atoms with E-state index in [1.165, 1.54) is 0 Å². The monoisotopic (exact) mass is 320 g/mol. The van der Waals surface area contributed by atoms with Gasteiger partial charge in [-0.15, -0.1) is 0 Å². The van der Waals surface area contributed by atoms with Crippen molar-refractivity contribution >= 4 is 5.91 Å². The minimum Gasteiger partial charge on any atom is -0.444 e. The predicted octanol–water partition coefficient (Wildman–Crippen LogP) is 3.93. The Hall–Kier alpha value is -2.88. The molecule has 1 aromatic heterocycles. The average Bonchev–Trinajstić information content (AvgIpc) is 3.04. The fourth-order valence-electron chi connectivity index (χ4n) is 2.60. The van der Waals surface area contributed by atoms with Crippen molar-refractivity contribution in [2.45, 2.75) is 20.3 Å². The summed E-state index contributed by atoms with van der Waals surface area (Å²) in [7, 11) is 0.